The first-order valence-electron chi connectivity index (χ1n) is 3.43. The Hall–Kier alpha value is -0.450. The molecular formula is C6H12N2O2. The Morgan fingerprint density at radius 2 is 2.20 bits per heavy atom. The van der Waals surface area contributed by atoms with E-state index in [1.807, 2.05) is 5.01 Å². The first-order valence-corrected chi connectivity index (χ1v) is 3.43. The number of carbonyl (C=O) groups excluding carboxylic acids is 1. The van der Waals surface area contributed by atoms with Gasteiger partial charge in [0.05, 0.1) is 19.8 Å². The molecule has 1 rings (SSSR count). The maximum Gasteiger partial charge on any atom is 0.135 e. The molecule has 0 unspecified atom stereocenters. The summed E-state index contributed by atoms with van der Waals surface area (Å²) >= 11 is 0. The Morgan fingerprint density at radius 3 is 2.80 bits per heavy atom. The van der Waals surface area contributed by atoms with Crippen LogP contribution in [0, 0.1) is 0 Å². The van der Waals surface area contributed by atoms with Crippen molar-refractivity contribution in [2.75, 3.05) is 32.8 Å². The van der Waals surface area contributed by atoms with E-state index in [2.05, 4.69) is 5.43 Å². The van der Waals surface area contributed by atoms with E-state index < -0.39 is 0 Å². The molecule has 1 saturated heterocycles. The monoisotopic (exact) mass is 144 g/mol. The second-order valence-corrected chi connectivity index (χ2v) is 2.13. The highest BCUT2D eigenvalue weighted by atomic mass is 16.5. The van der Waals surface area contributed by atoms with Crippen molar-refractivity contribution in [3.8, 4) is 0 Å². The molecule has 0 aliphatic carbocycles. The van der Waals surface area contributed by atoms with E-state index in [1.165, 1.54) is 0 Å². The van der Waals surface area contributed by atoms with Crippen molar-refractivity contribution >= 4 is 6.29 Å². The SMILES string of the molecule is O=CCNN1CCOCC1. The quantitative estimate of drug-likeness (QED) is 0.517. The van der Waals surface area contributed by atoms with Crippen LogP contribution in [0.25, 0.3) is 0 Å². The van der Waals surface area contributed by atoms with Crippen molar-refractivity contribution in [2.24, 2.45) is 0 Å². The third kappa shape index (κ3) is 2.43. The van der Waals surface area contributed by atoms with E-state index in [-0.39, 0.29) is 0 Å². The molecule has 0 amide bonds. The molecule has 1 heterocycles. The van der Waals surface area contributed by atoms with Crippen molar-refractivity contribution in [1.82, 2.24) is 10.4 Å². The number of hydrogen-bond acceptors (Lipinski definition) is 4. The van der Waals surface area contributed by atoms with Gasteiger partial charge < -0.3 is 9.53 Å². The van der Waals surface area contributed by atoms with E-state index in [1.54, 1.807) is 0 Å². The highest BCUT2D eigenvalue weighted by Gasteiger charge is 2.07. The number of ether oxygens (including phenoxy) is 1. The van der Waals surface area contributed by atoms with Gasteiger partial charge in [-0.25, -0.2) is 10.4 Å². The fourth-order valence-electron chi connectivity index (χ4n) is 0.888. The Kier molecular flexibility index (Phi) is 3.35. The third-order valence-corrected chi connectivity index (χ3v) is 1.41. The normalized spacial score (nSPS) is 20.8. The van der Waals surface area contributed by atoms with Crippen LogP contribution in [0.15, 0.2) is 0 Å². The van der Waals surface area contributed by atoms with Gasteiger partial charge in [-0.3, -0.25) is 0 Å². The van der Waals surface area contributed by atoms with Gasteiger partial charge in [-0.2, -0.15) is 0 Å². The second-order valence-electron chi connectivity index (χ2n) is 2.13. The van der Waals surface area contributed by atoms with E-state index >= 15 is 0 Å². The molecule has 4 nitrogen and oxygen atoms in total. The predicted molar refractivity (Wildman–Crippen MR) is 36.5 cm³/mol. The second kappa shape index (κ2) is 4.38. The summed E-state index contributed by atoms with van der Waals surface area (Å²) in [6.07, 6.45) is 0.857. The summed E-state index contributed by atoms with van der Waals surface area (Å²) in [6, 6.07) is 0. The number of hydrogen-bond donors (Lipinski definition) is 1. The maximum atomic E-state index is 9.93. The van der Waals surface area contributed by atoms with Gasteiger partial charge in [-0.1, -0.05) is 0 Å². The lowest BCUT2D eigenvalue weighted by atomic mass is 10.5. The number of morpholine rings is 1. The Bertz CT molecular complexity index is 102. The third-order valence-electron chi connectivity index (χ3n) is 1.41. The molecule has 10 heavy (non-hydrogen) atoms. The smallest absolute Gasteiger partial charge is 0.135 e. The molecule has 1 aliphatic rings. The average molecular weight is 144 g/mol. The Labute approximate surface area is 60.1 Å². The van der Waals surface area contributed by atoms with Crippen LogP contribution in [0.2, 0.25) is 0 Å². The van der Waals surface area contributed by atoms with Gasteiger partial charge in [0.25, 0.3) is 0 Å². The first-order chi connectivity index (χ1) is 4.93. The molecule has 0 atom stereocenters. The lowest BCUT2D eigenvalue weighted by Gasteiger charge is -2.26. The zero-order valence-corrected chi connectivity index (χ0v) is 5.88. The summed E-state index contributed by atoms with van der Waals surface area (Å²) in [6.45, 7) is 3.65. The summed E-state index contributed by atoms with van der Waals surface area (Å²) in [7, 11) is 0. The summed E-state index contributed by atoms with van der Waals surface area (Å²) < 4.78 is 5.11. The highest BCUT2D eigenvalue weighted by molar-refractivity contribution is 5.51. The van der Waals surface area contributed by atoms with Crippen molar-refractivity contribution in [3.63, 3.8) is 0 Å². The fourth-order valence-corrected chi connectivity index (χ4v) is 0.888. The largest absolute Gasteiger partial charge is 0.379 e. The zero-order valence-electron chi connectivity index (χ0n) is 5.88. The Balaban J connectivity index is 2.07. The number of nitrogens with zero attached hydrogens (tertiary/aromatic N) is 1. The first kappa shape index (κ1) is 7.65. The van der Waals surface area contributed by atoms with Crippen molar-refractivity contribution in [1.29, 1.82) is 0 Å². The molecule has 0 radical (unpaired) electrons. The standard InChI is InChI=1S/C6H12N2O2/c9-4-1-7-8-2-5-10-6-3-8/h4,7H,1-3,5-6H2. The molecule has 4 heteroatoms. The van der Waals surface area contributed by atoms with E-state index in [0.717, 1.165) is 32.6 Å². The van der Waals surface area contributed by atoms with Crippen LogP contribution in [0.3, 0.4) is 0 Å². The molecule has 0 aromatic carbocycles. The molecule has 0 spiro atoms. The molecule has 0 saturated carbocycles. The van der Waals surface area contributed by atoms with E-state index in [4.69, 9.17) is 4.74 Å². The molecular weight excluding hydrogens is 132 g/mol. The van der Waals surface area contributed by atoms with Crippen LogP contribution >= 0.6 is 0 Å². The minimum absolute atomic E-state index is 0.403. The number of carbonyl (C=O) groups is 1. The van der Waals surface area contributed by atoms with Crippen molar-refractivity contribution in [2.45, 2.75) is 0 Å². The lowest BCUT2D eigenvalue weighted by molar-refractivity contribution is -0.108. The molecule has 1 N–H and O–H groups in total. The Morgan fingerprint density at radius 1 is 1.50 bits per heavy atom. The van der Waals surface area contributed by atoms with Crippen LogP contribution in [-0.2, 0) is 9.53 Å². The van der Waals surface area contributed by atoms with Gasteiger partial charge in [0, 0.05) is 13.1 Å². The molecule has 0 aromatic rings. The highest BCUT2D eigenvalue weighted by Crippen LogP contribution is 1.90. The van der Waals surface area contributed by atoms with Gasteiger partial charge in [0.2, 0.25) is 0 Å². The van der Waals surface area contributed by atoms with E-state index in [0.29, 0.717) is 6.54 Å². The number of aldehydes is 1. The lowest BCUT2D eigenvalue weighted by Crippen LogP contribution is -2.46. The minimum atomic E-state index is 0.403. The summed E-state index contributed by atoms with van der Waals surface area (Å²) in [5.74, 6) is 0. The van der Waals surface area contributed by atoms with Gasteiger partial charge in [0.1, 0.15) is 6.29 Å². The summed E-state index contributed by atoms with van der Waals surface area (Å²) in [4.78, 5) is 9.93. The van der Waals surface area contributed by atoms with Crippen LogP contribution in [0.4, 0.5) is 0 Å². The minimum Gasteiger partial charge on any atom is -0.379 e. The van der Waals surface area contributed by atoms with Crippen molar-refractivity contribution in [3.05, 3.63) is 0 Å². The van der Waals surface area contributed by atoms with Gasteiger partial charge >= 0.3 is 0 Å². The number of hydrazine groups is 1. The van der Waals surface area contributed by atoms with Crippen LogP contribution < -0.4 is 5.43 Å². The number of rotatable bonds is 3. The maximum absolute atomic E-state index is 9.93. The summed E-state index contributed by atoms with van der Waals surface area (Å²) in [5, 5.41) is 2.00. The van der Waals surface area contributed by atoms with Crippen LogP contribution in [0.1, 0.15) is 0 Å². The van der Waals surface area contributed by atoms with Crippen LogP contribution in [-0.4, -0.2) is 44.1 Å². The predicted octanol–water partition coefficient (Wildman–Crippen LogP) is -0.978. The fraction of sp³-hybridized carbons (Fsp3) is 0.833. The zero-order chi connectivity index (χ0) is 7.23. The molecule has 1 aliphatic heterocycles. The van der Waals surface area contributed by atoms with Gasteiger partial charge in [-0.15, -0.1) is 0 Å². The number of nitrogens with one attached hydrogen (secondary N) is 1. The topological polar surface area (TPSA) is 41.6 Å². The molecule has 58 valence electrons. The van der Waals surface area contributed by atoms with E-state index in [9.17, 15) is 4.79 Å². The van der Waals surface area contributed by atoms with Gasteiger partial charge in [-0.05, 0) is 0 Å². The van der Waals surface area contributed by atoms with Crippen LogP contribution in [0.5, 0.6) is 0 Å². The van der Waals surface area contributed by atoms with Gasteiger partial charge in [0.15, 0.2) is 0 Å². The molecule has 1 fully saturated rings. The molecule has 0 bridgehead atoms. The van der Waals surface area contributed by atoms with Crippen molar-refractivity contribution < 1.29 is 9.53 Å². The summed E-state index contributed by atoms with van der Waals surface area (Å²) in [5.41, 5.74) is 2.96. The molecule has 0 aromatic heterocycles. The average Bonchev–Trinajstić information content (AvgIpc) is 2.03.